The van der Waals surface area contributed by atoms with Gasteiger partial charge in [0.2, 0.25) is 0 Å². The number of anilines is 1. The maximum absolute atomic E-state index is 12.6. The molecule has 2 saturated carbocycles. The number of hydrogen-bond acceptors (Lipinski definition) is 7. The molecule has 0 saturated heterocycles. The zero-order valence-electron chi connectivity index (χ0n) is 15.9. The van der Waals surface area contributed by atoms with E-state index in [0.717, 1.165) is 42.3 Å². The second kappa shape index (κ2) is 7.10. The number of aromatic nitrogens is 2. The van der Waals surface area contributed by atoms with E-state index in [9.17, 15) is 9.59 Å². The molecule has 0 aliphatic heterocycles. The van der Waals surface area contributed by atoms with E-state index in [4.69, 9.17) is 10.5 Å². The van der Waals surface area contributed by atoms with Crippen LogP contribution in [0.5, 0.6) is 0 Å². The molecule has 5 rings (SSSR count). The molecule has 0 radical (unpaired) electrons. The van der Waals surface area contributed by atoms with Crippen molar-refractivity contribution in [3.63, 3.8) is 0 Å². The molecule has 148 valence electrons. The number of carbonyl (C=O) groups excluding carboxylic acids is 2. The number of rotatable bonds is 3. The first-order chi connectivity index (χ1) is 13.6. The minimum absolute atomic E-state index is 0.0430. The number of nitrogens with two attached hydrogens (primary N) is 1. The van der Waals surface area contributed by atoms with E-state index < -0.39 is 0 Å². The lowest BCUT2D eigenvalue weighted by Gasteiger charge is -2.36. The van der Waals surface area contributed by atoms with E-state index in [2.05, 4.69) is 9.97 Å². The Labute approximate surface area is 167 Å². The van der Waals surface area contributed by atoms with Crippen molar-refractivity contribution < 1.29 is 14.3 Å². The van der Waals surface area contributed by atoms with Gasteiger partial charge in [-0.15, -0.1) is 11.3 Å². The van der Waals surface area contributed by atoms with Gasteiger partial charge in [-0.05, 0) is 56.9 Å². The van der Waals surface area contributed by atoms with E-state index >= 15 is 0 Å². The van der Waals surface area contributed by atoms with Gasteiger partial charge in [0.05, 0.1) is 11.3 Å². The van der Waals surface area contributed by atoms with Crippen LogP contribution >= 0.6 is 11.3 Å². The van der Waals surface area contributed by atoms with Gasteiger partial charge in [-0.3, -0.25) is 9.59 Å². The Morgan fingerprint density at radius 3 is 2.64 bits per heavy atom. The number of aryl methyl sites for hydroxylation is 2. The Balaban J connectivity index is 1.29. The van der Waals surface area contributed by atoms with Crippen molar-refractivity contribution in [3.8, 4) is 0 Å². The minimum atomic E-state index is -0.225. The number of thiophene rings is 1. The van der Waals surface area contributed by atoms with Crippen LogP contribution in [0.15, 0.2) is 0 Å². The molecule has 2 heterocycles. The van der Waals surface area contributed by atoms with Crippen LogP contribution in [0.1, 0.15) is 61.2 Å². The SMILES string of the molecule is Nc1nc(COC(=O)C2CC3CCCC(C2)C3=O)nc2sc3c(c12)CCCC3. The molecule has 0 amide bonds. The number of hydrogen-bond donors (Lipinski definition) is 1. The third kappa shape index (κ3) is 3.09. The molecule has 3 aliphatic rings. The molecule has 3 aliphatic carbocycles. The van der Waals surface area contributed by atoms with Gasteiger partial charge < -0.3 is 10.5 Å². The summed E-state index contributed by atoms with van der Waals surface area (Å²) in [5.74, 6) is 1.01. The van der Waals surface area contributed by atoms with Crippen LogP contribution in [0.25, 0.3) is 10.2 Å². The van der Waals surface area contributed by atoms with Gasteiger partial charge in [-0.2, -0.15) is 0 Å². The Kier molecular flexibility index (Phi) is 4.57. The van der Waals surface area contributed by atoms with Crippen molar-refractivity contribution in [1.82, 2.24) is 9.97 Å². The number of Topliss-reactive ketones (excluding diaryl/α,β-unsaturated/α-hetero) is 1. The largest absolute Gasteiger partial charge is 0.457 e. The van der Waals surface area contributed by atoms with E-state index in [1.807, 2.05) is 0 Å². The third-order valence-corrected chi connectivity index (χ3v) is 7.80. The molecule has 2 unspecified atom stereocenters. The van der Waals surface area contributed by atoms with E-state index in [-0.39, 0.29) is 30.3 Å². The summed E-state index contributed by atoms with van der Waals surface area (Å²) < 4.78 is 5.55. The fraction of sp³-hybridized carbons (Fsp3) is 0.619. The van der Waals surface area contributed by atoms with E-state index in [1.165, 1.54) is 23.3 Å². The standard InChI is InChI=1S/C21H25N3O3S/c22-19-17-14-6-1-2-7-15(14)28-20(17)24-16(23-19)10-27-21(26)13-8-11-4-3-5-12(9-13)18(11)25/h11-13H,1-10H2,(H2,22,23,24). The van der Waals surface area contributed by atoms with Gasteiger partial charge in [-0.25, -0.2) is 9.97 Å². The number of ketones is 1. The zero-order chi connectivity index (χ0) is 19.3. The Hall–Kier alpha value is -2.02. The summed E-state index contributed by atoms with van der Waals surface area (Å²) in [5.41, 5.74) is 7.54. The van der Waals surface area contributed by atoms with Crippen molar-refractivity contribution in [2.24, 2.45) is 17.8 Å². The predicted molar refractivity (Wildman–Crippen MR) is 107 cm³/mol. The molecule has 2 aromatic rings. The molecule has 7 heteroatoms. The monoisotopic (exact) mass is 399 g/mol. The van der Waals surface area contributed by atoms with Gasteiger partial charge in [0.25, 0.3) is 0 Å². The van der Waals surface area contributed by atoms with Gasteiger partial charge in [0.1, 0.15) is 16.4 Å². The smallest absolute Gasteiger partial charge is 0.309 e. The van der Waals surface area contributed by atoms with Crippen LogP contribution in [0, 0.1) is 17.8 Å². The zero-order valence-corrected chi connectivity index (χ0v) is 16.7. The van der Waals surface area contributed by atoms with Crippen molar-refractivity contribution >= 4 is 39.1 Å². The number of nitrogen functional groups attached to an aromatic ring is 1. The summed E-state index contributed by atoms with van der Waals surface area (Å²) in [7, 11) is 0. The fourth-order valence-corrected chi connectivity index (χ4v) is 6.51. The first kappa shape index (κ1) is 18.0. The van der Waals surface area contributed by atoms with Crippen molar-refractivity contribution in [2.75, 3.05) is 5.73 Å². The Bertz CT molecular complexity index is 938. The number of nitrogens with zero attached hydrogens (tertiary/aromatic N) is 2. The molecular weight excluding hydrogens is 374 g/mol. The second-order valence-corrected chi connectivity index (χ2v) is 9.50. The van der Waals surface area contributed by atoms with Crippen LogP contribution in [0.2, 0.25) is 0 Å². The molecule has 6 nitrogen and oxygen atoms in total. The number of ether oxygens (including phenoxy) is 1. The van der Waals surface area contributed by atoms with Gasteiger partial charge in [-0.1, -0.05) is 6.42 Å². The summed E-state index contributed by atoms with van der Waals surface area (Å²) in [6, 6.07) is 0. The van der Waals surface area contributed by atoms with E-state index in [1.54, 1.807) is 11.3 Å². The lowest BCUT2D eigenvalue weighted by atomic mass is 9.67. The van der Waals surface area contributed by atoms with Crippen LogP contribution in [0.3, 0.4) is 0 Å². The average molecular weight is 400 g/mol. The fourth-order valence-electron chi connectivity index (χ4n) is 5.22. The quantitative estimate of drug-likeness (QED) is 0.793. The topological polar surface area (TPSA) is 95.2 Å². The lowest BCUT2D eigenvalue weighted by molar-refractivity contribution is -0.154. The molecule has 2 atom stereocenters. The number of carbonyl (C=O) groups is 2. The molecule has 2 N–H and O–H groups in total. The van der Waals surface area contributed by atoms with Crippen molar-refractivity contribution in [1.29, 1.82) is 0 Å². The summed E-state index contributed by atoms with van der Waals surface area (Å²) in [6.45, 7) is 0.0430. The molecule has 2 aromatic heterocycles. The van der Waals surface area contributed by atoms with Crippen molar-refractivity contribution in [3.05, 3.63) is 16.3 Å². The molecule has 28 heavy (non-hydrogen) atoms. The summed E-state index contributed by atoms with van der Waals surface area (Å²) in [5, 5.41) is 0.994. The summed E-state index contributed by atoms with van der Waals surface area (Å²) >= 11 is 1.69. The average Bonchev–Trinajstić information content (AvgIpc) is 3.04. The predicted octanol–water partition coefficient (Wildman–Crippen LogP) is 3.59. The highest BCUT2D eigenvalue weighted by atomic mass is 32.1. The van der Waals surface area contributed by atoms with Crippen LogP contribution in [-0.4, -0.2) is 21.7 Å². The van der Waals surface area contributed by atoms with Crippen LogP contribution in [0.4, 0.5) is 5.82 Å². The van der Waals surface area contributed by atoms with E-state index in [0.29, 0.717) is 30.3 Å². The molecule has 0 aromatic carbocycles. The normalized spacial score (nSPS) is 26.9. The highest BCUT2D eigenvalue weighted by Crippen LogP contribution is 2.41. The molecular formula is C21H25N3O3S. The van der Waals surface area contributed by atoms with Crippen molar-refractivity contribution in [2.45, 2.75) is 64.4 Å². The summed E-state index contributed by atoms with van der Waals surface area (Å²) in [4.78, 5) is 36.1. The third-order valence-electron chi connectivity index (χ3n) is 6.61. The number of esters is 1. The number of fused-ring (bicyclic) bond motifs is 5. The van der Waals surface area contributed by atoms with Gasteiger partial charge in [0.15, 0.2) is 12.4 Å². The first-order valence-electron chi connectivity index (χ1n) is 10.4. The maximum atomic E-state index is 12.6. The maximum Gasteiger partial charge on any atom is 0.309 e. The van der Waals surface area contributed by atoms with Crippen LogP contribution < -0.4 is 5.73 Å². The Morgan fingerprint density at radius 1 is 1.11 bits per heavy atom. The first-order valence-corrected chi connectivity index (χ1v) is 11.2. The van der Waals surface area contributed by atoms with Gasteiger partial charge in [0, 0.05) is 16.7 Å². The Morgan fingerprint density at radius 2 is 1.86 bits per heavy atom. The van der Waals surface area contributed by atoms with Crippen LogP contribution in [-0.2, 0) is 33.8 Å². The highest BCUT2D eigenvalue weighted by molar-refractivity contribution is 7.19. The second-order valence-electron chi connectivity index (χ2n) is 8.42. The van der Waals surface area contributed by atoms with Gasteiger partial charge >= 0.3 is 5.97 Å². The lowest BCUT2D eigenvalue weighted by Crippen LogP contribution is -2.39. The summed E-state index contributed by atoms with van der Waals surface area (Å²) in [6.07, 6.45) is 8.72. The molecule has 2 fully saturated rings. The molecule has 2 bridgehead atoms. The minimum Gasteiger partial charge on any atom is -0.457 e. The molecule has 0 spiro atoms. The highest BCUT2D eigenvalue weighted by Gasteiger charge is 2.41.